The SMILES string of the molecule is C=CCn1c(=O)c2sc(N(CC)CC)nc2n(CC(=O)Nc2cccc(C)c2)c1=O. The molecule has 3 aromatic rings. The van der Waals surface area contributed by atoms with Gasteiger partial charge in [0.1, 0.15) is 11.2 Å². The number of aryl methyl sites for hydroxylation is 1. The van der Waals surface area contributed by atoms with E-state index in [1.54, 1.807) is 6.07 Å². The number of anilines is 2. The molecule has 158 valence electrons. The van der Waals surface area contributed by atoms with E-state index in [1.165, 1.54) is 22.0 Å². The predicted octanol–water partition coefficient (Wildman–Crippen LogP) is 2.60. The van der Waals surface area contributed by atoms with Crippen LogP contribution in [0.1, 0.15) is 19.4 Å². The van der Waals surface area contributed by atoms with Crippen molar-refractivity contribution in [2.45, 2.75) is 33.9 Å². The van der Waals surface area contributed by atoms with Crippen LogP contribution in [0.15, 0.2) is 46.5 Å². The minimum absolute atomic E-state index is 0.0611. The van der Waals surface area contributed by atoms with Gasteiger partial charge in [0.15, 0.2) is 10.8 Å². The summed E-state index contributed by atoms with van der Waals surface area (Å²) in [7, 11) is 0. The Kier molecular flexibility index (Phi) is 6.51. The van der Waals surface area contributed by atoms with E-state index in [0.29, 0.717) is 15.5 Å². The Bertz CT molecular complexity index is 1200. The van der Waals surface area contributed by atoms with Crippen LogP contribution in [-0.4, -0.2) is 33.1 Å². The lowest BCUT2D eigenvalue weighted by molar-refractivity contribution is -0.116. The molecule has 1 aromatic carbocycles. The van der Waals surface area contributed by atoms with Crippen LogP contribution >= 0.6 is 11.3 Å². The summed E-state index contributed by atoms with van der Waals surface area (Å²) in [6.45, 7) is 10.8. The summed E-state index contributed by atoms with van der Waals surface area (Å²) in [5.74, 6) is -0.370. The molecule has 8 nitrogen and oxygen atoms in total. The third-order valence-electron chi connectivity index (χ3n) is 4.70. The molecule has 0 radical (unpaired) electrons. The Labute approximate surface area is 178 Å². The minimum atomic E-state index is -0.580. The van der Waals surface area contributed by atoms with Gasteiger partial charge in [-0.1, -0.05) is 29.5 Å². The van der Waals surface area contributed by atoms with Crippen molar-refractivity contribution in [1.29, 1.82) is 0 Å². The first-order valence-electron chi connectivity index (χ1n) is 9.76. The molecule has 0 atom stereocenters. The smallest absolute Gasteiger partial charge is 0.333 e. The molecule has 0 saturated carbocycles. The second-order valence-corrected chi connectivity index (χ2v) is 7.79. The quantitative estimate of drug-likeness (QED) is 0.558. The average Bonchev–Trinajstić information content (AvgIpc) is 3.15. The fourth-order valence-electron chi connectivity index (χ4n) is 3.20. The summed E-state index contributed by atoms with van der Waals surface area (Å²) in [5.41, 5.74) is 0.891. The van der Waals surface area contributed by atoms with Gasteiger partial charge in [-0.05, 0) is 38.5 Å². The molecule has 3 rings (SSSR count). The number of nitrogens with one attached hydrogen (secondary N) is 1. The molecule has 9 heteroatoms. The van der Waals surface area contributed by atoms with Crippen molar-refractivity contribution in [3.8, 4) is 0 Å². The molecule has 0 aliphatic carbocycles. The summed E-state index contributed by atoms with van der Waals surface area (Å²) in [5, 5.41) is 3.45. The van der Waals surface area contributed by atoms with Gasteiger partial charge in [0, 0.05) is 25.3 Å². The molecule has 0 aliphatic heterocycles. The molecular weight excluding hydrogens is 402 g/mol. The first-order chi connectivity index (χ1) is 14.4. The highest BCUT2D eigenvalue weighted by Gasteiger charge is 2.20. The van der Waals surface area contributed by atoms with Crippen LogP contribution in [0.25, 0.3) is 10.3 Å². The lowest BCUT2D eigenvalue weighted by atomic mass is 10.2. The molecule has 1 amide bonds. The first-order valence-corrected chi connectivity index (χ1v) is 10.6. The highest BCUT2D eigenvalue weighted by atomic mass is 32.1. The van der Waals surface area contributed by atoms with E-state index in [1.807, 2.05) is 43.9 Å². The molecule has 0 bridgehead atoms. The highest BCUT2D eigenvalue weighted by molar-refractivity contribution is 7.22. The average molecular weight is 428 g/mol. The normalized spacial score (nSPS) is 10.9. The van der Waals surface area contributed by atoms with Gasteiger partial charge in [-0.3, -0.25) is 18.7 Å². The topological polar surface area (TPSA) is 89.2 Å². The molecule has 0 saturated heterocycles. The lowest BCUT2D eigenvalue weighted by Crippen LogP contribution is -2.41. The molecular formula is C21H25N5O3S. The van der Waals surface area contributed by atoms with E-state index in [0.717, 1.165) is 23.2 Å². The number of rotatable bonds is 8. The molecule has 0 fully saturated rings. The number of carbonyl (C=O) groups excluding carboxylic acids is 1. The van der Waals surface area contributed by atoms with Gasteiger partial charge >= 0.3 is 5.69 Å². The van der Waals surface area contributed by atoms with E-state index < -0.39 is 11.2 Å². The monoisotopic (exact) mass is 427 g/mol. The first kappa shape index (κ1) is 21.5. The van der Waals surface area contributed by atoms with Crippen LogP contribution in [0.4, 0.5) is 10.8 Å². The van der Waals surface area contributed by atoms with Gasteiger partial charge in [0.25, 0.3) is 5.56 Å². The van der Waals surface area contributed by atoms with Crippen LogP contribution in [0, 0.1) is 6.92 Å². The summed E-state index contributed by atoms with van der Waals surface area (Å²) in [6, 6.07) is 7.40. The Balaban J connectivity index is 2.09. The maximum atomic E-state index is 13.0. The zero-order valence-electron chi connectivity index (χ0n) is 17.3. The molecule has 0 unspecified atom stereocenters. The Morgan fingerprint density at radius 1 is 1.27 bits per heavy atom. The lowest BCUT2D eigenvalue weighted by Gasteiger charge is -2.16. The molecule has 2 heterocycles. The van der Waals surface area contributed by atoms with Crippen molar-refractivity contribution in [2.24, 2.45) is 0 Å². The fourth-order valence-corrected chi connectivity index (χ4v) is 4.34. The van der Waals surface area contributed by atoms with Crippen molar-refractivity contribution in [3.05, 3.63) is 63.3 Å². The summed E-state index contributed by atoms with van der Waals surface area (Å²) in [4.78, 5) is 45.1. The highest BCUT2D eigenvalue weighted by Crippen LogP contribution is 2.25. The largest absolute Gasteiger partial charge is 0.349 e. The van der Waals surface area contributed by atoms with Gasteiger partial charge in [0.2, 0.25) is 5.91 Å². The molecule has 30 heavy (non-hydrogen) atoms. The third kappa shape index (κ3) is 4.20. The van der Waals surface area contributed by atoms with Crippen LogP contribution in [-0.2, 0) is 17.9 Å². The number of carbonyl (C=O) groups is 1. The van der Waals surface area contributed by atoms with Crippen molar-refractivity contribution in [2.75, 3.05) is 23.3 Å². The van der Waals surface area contributed by atoms with Gasteiger partial charge < -0.3 is 10.2 Å². The summed E-state index contributed by atoms with van der Waals surface area (Å²) < 4.78 is 2.69. The number of nitrogens with zero attached hydrogens (tertiary/aromatic N) is 4. The molecule has 0 spiro atoms. The van der Waals surface area contributed by atoms with Crippen LogP contribution < -0.4 is 21.5 Å². The van der Waals surface area contributed by atoms with Crippen LogP contribution in [0.3, 0.4) is 0 Å². The van der Waals surface area contributed by atoms with Crippen molar-refractivity contribution in [3.63, 3.8) is 0 Å². The Morgan fingerprint density at radius 3 is 2.63 bits per heavy atom. The van der Waals surface area contributed by atoms with E-state index >= 15 is 0 Å². The molecule has 1 N–H and O–H groups in total. The predicted molar refractivity (Wildman–Crippen MR) is 122 cm³/mol. The summed E-state index contributed by atoms with van der Waals surface area (Å²) in [6.07, 6.45) is 1.48. The maximum Gasteiger partial charge on any atom is 0.333 e. The number of thiazole rings is 1. The number of benzene rings is 1. The number of hydrogen-bond donors (Lipinski definition) is 1. The van der Waals surface area contributed by atoms with Crippen molar-refractivity contribution < 1.29 is 4.79 Å². The van der Waals surface area contributed by atoms with Gasteiger partial charge in [-0.2, -0.15) is 0 Å². The molecule has 0 aliphatic rings. The fraction of sp³-hybridized carbons (Fsp3) is 0.333. The number of aromatic nitrogens is 3. The zero-order chi connectivity index (χ0) is 21.8. The molecule has 2 aromatic heterocycles. The van der Waals surface area contributed by atoms with E-state index in [-0.39, 0.29) is 24.6 Å². The van der Waals surface area contributed by atoms with E-state index in [2.05, 4.69) is 16.9 Å². The standard InChI is InChI=1S/C21H25N5O3S/c1-5-11-25-19(28)17-18(23-20(30-17)24(6-2)7-3)26(21(25)29)13-16(27)22-15-10-8-9-14(4)12-15/h5,8-10,12H,1,6-7,11,13H2,2-4H3,(H,22,27). The van der Waals surface area contributed by atoms with Gasteiger partial charge in [-0.25, -0.2) is 9.78 Å². The van der Waals surface area contributed by atoms with Gasteiger partial charge in [-0.15, -0.1) is 6.58 Å². The second kappa shape index (κ2) is 9.08. The number of hydrogen-bond acceptors (Lipinski definition) is 6. The van der Waals surface area contributed by atoms with Crippen LogP contribution in [0.5, 0.6) is 0 Å². The van der Waals surface area contributed by atoms with Gasteiger partial charge in [0.05, 0.1) is 0 Å². The Morgan fingerprint density at radius 2 is 2.00 bits per heavy atom. The third-order valence-corrected chi connectivity index (χ3v) is 5.80. The number of fused-ring (bicyclic) bond motifs is 1. The van der Waals surface area contributed by atoms with Crippen molar-refractivity contribution >= 4 is 38.4 Å². The van der Waals surface area contributed by atoms with E-state index in [9.17, 15) is 14.4 Å². The van der Waals surface area contributed by atoms with E-state index in [4.69, 9.17) is 0 Å². The number of allylic oxidation sites excluding steroid dienone is 1. The Hall–Kier alpha value is -3.20. The number of amides is 1. The van der Waals surface area contributed by atoms with Crippen LogP contribution in [0.2, 0.25) is 0 Å². The minimum Gasteiger partial charge on any atom is -0.349 e. The maximum absolute atomic E-state index is 13.0. The zero-order valence-corrected chi connectivity index (χ0v) is 18.2. The second-order valence-electron chi connectivity index (χ2n) is 6.81. The summed E-state index contributed by atoms with van der Waals surface area (Å²) >= 11 is 1.23. The van der Waals surface area contributed by atoms with Crippen molar-refractivity contribution in [1.82, 2.24) is 14.1 Å².